The largest absolute Gasteiger partial charge is 0.496 e. The summed E-state index contributed by atoms with van der Waals surface area (Å²) in [4.78, 5) is 14.0. The first kappa shape index (κ1) is 20.5. The number of halogens is 2. The number of nitrogens with zero attached hydrogens (tertiary/aromatic N) is 1. The van der Waals surface area contributed by atoms with E-state index in [4.69, 9.17) is 4.74 Å². The van der Waals surface area contributed by atoms with Gasteiger partial charge in [0.1, 0.15) is 11.5 Å². The first-order valence-electron chi connectivity index (χ1n) is 8.50. The molecule has 0 spiro atoms. The van der Waals surface area contributed by atoms with E-state index in [0.29, 0.717) is 12.3 Å². The van der Waals surface area contributed by atoms with E-state index in [1.807, 2.05) is 32.0 Å². The minimum absolute atomic E-state index is 0.0843. The van der Waals surface area contributed by atoms with Crippen molar-refractivity contribution >= 4 is 6.03 Å². The molecule has 2 amide bonds. The van der Waals surface area contributed by atoms with Crippen LogP contribution in [0.1, 0.15) is 29.7 Å². The number of alkyl halides is 2. The molecule has 0 aliphatic rings. The molecule has 1 N–H and O–H groups in total. The first-order chi connectivity index (χ1) is 12.8. The van der Waals surface area contributed by atoms with Crippen LogP contribution in [0.2, 0.25) is 0 Å². The molecule has 0 heterocycles. The zero-order valence-electron chi connectivity index (χ0n) is 15.8. The maximum Gasteiger partial charge on any atom is 0.387 e. The van der Waals surface area contributed by atoms with E-state index in [1.165, 1.54) is 17.0 Å². The summed E-state index contributed by atoms with van der Waals surface area (Å²) in [6.07, 6.45) is 0. The van der Waals surface area contributed by atoms with Crippen LogP contribution in [0.4, 0.5) is 13.6 Å². The Kier molecular flexibility index (Phi) is 6.98. The van der Waals surface area contributed by atoms with E-state index in [1.54, 1.807) is 26.3 Å². The van der Waals surface area contributed by atoms with Gasteiger partial charge in [-0.05, 0) is 37.6 Å². The molecule has 0 aliphatic carbocycles. The monoisotopic (exact) mass is 378 g/mol. The van der Waals surface area contributed by atoms with Crippen LogP contribution in [0.5, 0.6) is 11.5 Å². The fourth-order valence-corrected chi connectivity index (χ4v) is 2.69. The molecule has 146 valence electrons. The molecular formula is C20H24F2N2O3. The summed E-state index contributed by atoms with van der Waals surface area (Å²) in [5, 5.41) is 2.94. The Hall–Kier alpha value is -2.83. The SMILES string of the molecule is COc1ccc(C)cc1C(C)NC(=O)N(C)Cc1ccc(OC(F)F)cc1. The maximum absolute atomic E-state index is 12.5. The van der Waals surface area contributed by atoms with Crippen LogP contribution in [0, 0.1) is 6.92 Å². The van der Waals surface area contributed by atoms with Crippen LogP contribution in [0.3, 0.4) is 0 Å². The van der Waals surface area contributed by atoms with Gasteiger partial charge in [0, 0.05) is 19.2 Å². The van der Waals surface area contributed by atoms with Crippen molar-refractivity contribution in [2.75, 3.05) is 14.2 Å². The molecule has 1 atom stereocenters. The third-order valence-electron chi connectivity index (χ3n) is 4.11. The summed E-state index contributed by atoms with van der Waals surface area (Å²) in [6, 6.07) is 11.5. The number of rotatable bonds is 7. The Morgan fingerprint density at radius 3 is 2.44 bits per heavy atom. The van der Waals surface area contributed by atoms with E-state index in [-0.39, 0.29) is 17.8 Å². The molecule has 2 aromatic rings. The zero-order valence-corrected chi connectivity index (χ0v) is 15.8. The third kappa shape index (κ3) is 5.84. The molecule has 2 rings (SSSR count). The van der Waals surface area contributed by atoms with Gasteiger partial charge in [-0.3, -0.25) is 0 Å². The van der Waals surface area contributed by atoms with Gasteiger partial charge in [0.15, 0.2) is 0 Å². The lowest BCUT2D eigenvalue weighted by Crippen LogP contribution is -2.38. The molecule has 0 saturated carbocycles. The summed E-state index contributed by atoms with van der Waals surface area (Å²) in [6.45, 7) is 1.34. The number of benzene rings is 2. The van der Waals surface area contributed by atoms with Gasteiger partial charge in [-0.25, -0.2) is 4.79 Å². The Morgan fingerprint density at radius 2 is 1.85 bits per heavy atom. The fraction of sp³-hybridized carbons (Fsp3) is 0.350. The van der Waals surface area contributed by atoms with E-state index < -0.39 is 6.61 Å². The molecule has 27 heavy (non-hydrogen) atoms. The predicted octanol–water partition coefficient (Wildman–Crippen LogP) is 4.51. The third-order valence-corrected chi connectivity index (χ3v) is 4.11. The van der Waals surface area contributed by atoms with Crippen molar-refractivity contribution in [3.8, 4) is 11.5 Å². The van der Waals surface area contributed by atoms with Gasteiger partial charge in [0.25, 0.3) is 0 Å². The number of ether oxygens (including phenoxy) is 2. The number of aryl methyl sites for hydroxylation is 1. The van der Waals surface area contributed by atoms with Crippen LogP contribution in [0.15, 0.2) is 42.5 Å². The molecule has 0 aromatic heterocycles. The molecule has 0 bridgehead atoms. The van der Waals surface area contributed by atoms with Gasteiger partial charge in [-0.2, -0.15) is 8.78 Å². The minimum Gasteiger partial charge on any atom is -0.496 e. The number of hydrogen-bond acceptors (Lipinski definition) is 3. The molecular weight excluding hydrogens is 354 g/mol. The van der Waals surface area contributed by atoms with Gasteiger partial charge < -0.3 is 19.7 Å². The Morgan fingerprint density at radius 1 is 1.19 bits per heavy atom. The van der Waals surface area contributed by atoms with Crippen molar-refractivity contribution in [1.82, 2.24) is 10.2 Å². The van der Waals surface area contributed by atoms with Crippen LogP contribution in [-0.4, -0.2) is 31.7 Å². The number of carbonyl (C=O) groups is 1. The lowest BCUT2D eigenvalue weighted by atomic mass is 10.0. The van der Waals surface area contributed by atoms with E-state index >= 15 is 0 Å². The number of nitrogens with one attached hydrogen (secondary N) is 1. The van der Waals surface area contributed by atoms with E-state index in [0.717, 1.165) is 16.7 Å². The quantitative estimate of drug-likeness (QED) is 0.771. The number of methoxy groups -OCH3 is 1. The van der Waals surface area contributed by atoms with Gasteiger partial charge in [0.2, 0.25) is 0 Å². The highest BCUT2D eigenvalue weighted by Crippen LogP contribution is 2.26. The standard InChI is InChI=1S/C20H24F2N2O3/c1-13-5-10-18(26-4)17(11-13)14(2)23-20(25)24(3)12-15-6-8-16(9-7-15)27-19(21)22/h5-11,14,19H,12H2,1-4H3,(H,23,25). The van der Waals surface area contributed by atoms with Gasteiger partial charge in [0.05, 0.1) is 13.2 Å². The van der Waals surface area contributed by atoms with Gasteiger partial charge in [-0.15, -0.1) is 0 Å². The van der Waals surface area contributed by atoms with Crippen molar-refractivity contribution in [2.24, 2.45) is 0 Å². The van der Waals surface area contributed by atoms with Crippen molar-refractivity contribution in [3.05, 3.63) is 59.2 Å². The van der Waals surface area contributed by atoms with Gasteiger partial charge in [-0.1, -0.05) is 29.8 Å². The second kappa shape index (κ2) is 9.21. The molecule has 0 fully saturated rings. The topological polar surface area (TPSA) is 50.8 Å². The highest BCUT2D eigenvalue weighted by molar-refractivity contribution is 5.74. The van der Waals surface area contributed by atoms with Gasteiger partial charge >= 0.3 is 12.6 Å². The summed E-state index contributed by atoms with van der Waals surface area (Å²) in [5.41, 5.74) is 2.77. The molecule has 2 aromatic carbocycles. The highest BCUT2D eigenvalue weighted by atomic mass is 19.3. The maximum atomic E-state index is 12.5. The molecule has 0 aliphatic heterocycles. The van der Waals surface area contributed by atoms with Crippen molar-refractivity contribution in [1.29, 1.82) is 0 Å². The number of amides is 2. The normalized spacial score (nSPS) is 11.8. The number of urea groups is 1. The van der Waals surface area contributed by atoms with Crippen molar-refractivity contribution in [2.45, 2.75) is 33.0 Å². The van der Waals surface area contributed by atoms with E-state index in [9.17, 15) is 13.6 Å². The van der Waals surface area contributed by atoms with Crippen LogP contribution < -0.4 is 14.8 Å². The summed E-state index contributed by atoms with van der Waals surface area (Å²) < 4.78 is 34.1. The fourth-order valence-electron chi connectivity index (χ4n) is 2.69. The lowest BCUT2D eigenvalue weighted by Gasteiger charge is -2.23. The van der Waals surface area contributed by atoms with Crippen molar-refractivity contribution < 1.29 is 23.0 Å². The zero-order chi connectivity index (χ0) is 20.0. The Bertz CT molecular complexity index is 766. The molecule has 5 nitrogen and oxygen atoms in total. The summed E-state index contributed by atoms with van der Waals surface area (Å²) in [7, 11) is 3.26. The van der Waals surface area contributed by atoms with Crippen LogP contribution in [-0.2, 0) is 6.54 Å². The van der Waals surface area contributed by atoms with Crippen LogP contribution in [0.25, 0.3) is 0 Å². The molecule has 0 saturated heterocycles. The average molecular weight is 378 g/mol. The minimum atomic E-state index is -2.86. The molecule has 0 radical (unpaired) electrons. The highest BCUT2D eigenvalue weighted by Gasteiger charge is 2.17. The second-order valence-corrected chi connectivity index (χ2v) is 6.30. The molecule has 1 unspecified atom stereocenters. The van der Waals surface area contributed by atoms with Crippen LogP contribution >= 0.6 is 0 Å². The van der Waals surface area contributed by atoms with Crippen molar-refractivity contribution in [3.63, 3.8) is 0 Å². The summed E-state index contributed by atoms with van der Waals surface area (Å²) >= 11 is 0. The lowest BCUT2D eigenvalue weighted by molar-refractivity contribution is -0.0498. The Balaban J connectivity index is 1.98. The average Bonchev–Trinajstić information content (AvgIpc) is 2.62. The summed E-state index contributed by atoms with van der Waals surface area (Å²) in [5.74, 6) is 0.798. The number of carbonyl (C=O) groups excluding carboxylic acids is 1. The predicted molar refractivity (Wildman–Crippen MR) is 99.2 cm³/mol. The smallest absolute Gasteiger partial charge is 0.387 e. The Labute approximate surface area is 157 Å². The number of hydrogen-bond donors (Lipinski definition) is 1. The second-order valence-electron chi connectivity index (χ2n) is 6.30. The first-order valence-corrected chi connectivity index (χ1v) is 8.50. The molecule has 7 heteroatoms. The van der Waals surface area contributed by atoms with E-state index in [2.05, 4.69) is 10.1 Å².